The van der Waals surface area contributed by atoms with Crippen molar-refractivity contribution in [1.29, 1.82) is 0 Å². The van der Waals surface area contributed by atoms with Gasteiger partial charge in [0.2, 0.25) is 0 Å². The van der Waals surface area contributed by atoms with Crippen LogP contribution in [0.2, 0.25) is 0 Å². The van der Waals surface area contributed by atoms with Gasteiger partial charge in [0.05, 0.1) is 0 Å². The first-order valence-corrected chi connectivity index (χ1v) is 13.8. The second kappa shape index (κ2) is 14.2. The first-order valence-electron chi connectivity index (χ1n) is 10.4. The standard InChI is InChI=1S/C12H24O3Si.C9H14O3Si/c1-4-13-16(14-5-2,15-6-3)12-10-8-7-9-11-12;1-10-13(11-2,12-3)9-7-5-4-6-8-9/h10H,4-9,11H2,1-3H3;4-8H,1-3H3. The van der Waals surface area contributed by atoms with E-state index in [9.17, 15) is 0 Å². The Morgan fingerprint density at radius 1 is 0.724 bits per heavy atom. The van der Waals surface area contributed by atoms with Crippen molar-refractivity contribution in [2.75, 3.05) is 41.2 Å². The Labute approximate surface area is 178 Å². The zero-order valence-corrected chi connectivity index (χ0v) is 20.9. The molecule has 2 rings (SSSR count). The Bertz CT molecular complexity index is 553. The maximum atomic E-state index is 5.88. The van der Waals surface area contributed by atoms with Crippen LogP contribution in [0.4, 0.5) is 0 Å². The lowest BCUT2D eigenvalue weighted by Gasteiger charge is -2.32. The van der Waals surface area contributed by atoms with Crippen LogP contribution < -0.4 is 5.19 Å². The fourth-order valence-electron chi connectivity index (χ4n) is 3.34. The molecule has 0 unspecified atom stereocenters. The summed E-state index contributed by atoms with van der Waals surface area (Å²) >= 11 is 0. The summed E-state index contributed by atoms with van der Waals surface area (Å²) in [5.41, 5.74) is 0. The molecule has 1 aliphatic rings. The monoisotopic (exact) mass is 442 g/mol. The number of allylic oxidation sites excluding steroid dienone is 2. The second-order valence-corrected chi connectivity index (χ2v) is 11.9. The van der Waals surface area contributed by atoms with Gasteiger partial charge in [0.1, 0.15) is 0 Å². The Morgan fingerprint density at radius 2 is 1.24 bits per heavy atom. The maximum absolute atomic E-state index is 5.88. The van der Waals surface area contributed by atoms with Gasteiger partial charge in [0.15, 0.2) is 0 Å². The molecule has 0 atom stereocenters. The van der Waals surface area contributed by atoms with Crippen molar-refractivity contribution in [2.45, 2.75) is 46.5 Å². The molecular weight excluding hydrogens is 404 g/mol. The molecule has 0 amide bonds. The van der Waals surface area contributed by atoms with E-state index in [4.69, 9.17) is 26.6 Å². The van der Waals surface area contributed by atoms with Gasteiger partial charge in [-0.05, 0) is 51.7 Å². The summed E-state index contributed by atoms with van der Waals surface area (Å²) in [7, 11) is -0.317. The molecule has 0 bridgehead atoms. The quantitative estimate of drug-likeness (QED) is 0.485. The molecule has 0 radical (unpaired) electrons. The lowest BCUT2D eigenvalue weighted by Crippen LogP contribution is -2.54. The molecule has 0 spiro atoms. The second-order valence-electron chi connectivity index (χ2n) is 6.36. The molecule has 0 fully saturated rings. The van der Waals surface area contributed by atoms with E-state index in [2.05, 4.69) is 6.08 Å². The molecule has 8 heteroatoms. The number of hydrogen-bond acceptors (Lipinski definition) is 6. The molecule has 0 heterocycles. The molecule has 1 aromatic carbocycles. The molecule has 0 saturated carbocycles. The van der Waals surface area contributed by atoms with E-state index in [1.54, 1.807) is 21.3 Å². The first-order chi connectivity index (χ1) is 14.1. The van der Waals surface area contributed by atoms with Crippen LogP contribution in [0.1, 0.15) is 46.5 Å². The maximum Gasteiger partial charge on any atom is 0.536 e. The summed E-state index contributed by atoms with van der Waals surface area (Å²) in [6.07, 6.45) is 6.99. The Morgan fingerprint density at radius 3 is 1.62 bits per heavy atom. The largest absolute Gasteiger partial charge is 0.536 e. The topological polar surface area (TPSA) is 55.4 Å². The van der Waals surface area contributed by atoms with Gasteiger partial charge in [0.25, 0.3) is 0 Å². The minimum absolute atomic E-state index is 0.656. The highest BCUT2D eigenvalue weighted by molar-refractivity contribution is 6.75. The minimum Gasteiger partial charge on any atom is -0.373 e. The smallest absolute Gasteiger partial charge is 0.373 e. The summed E-state index contributed by atoms with van der Waals surface area (Å²) < 4.78 is 33.6. The molecule has 0 saturated heterocycles. The molecule has 0 aliphatic heterocycles. The summed E-state index contributed by atoms with van der Waals surface area (Å²) in [6.45, 7) is 7.98. The van der Waals surface area contributed by atoms with E-state index >= 15 is 0 Å². The summed E-state index contributed by atoms with van der Waals surface area (Å²) in [4.78, 5) is 0. The fraction of sp³-hybridized carbons (Fsp3) is 0.619. The van der Waals surface area contributed by atoms with Crippen molar-refractivity contribution >= 4 is 22.8 Å². The lowest BCUT2D eigenvalue weighted by atomic mass is 10.1. The SMILES string of the molecule is CCO[Si](OCC)(OCC)C1=CCCCC1.CO[Si](OC)(OC)c1ccccc1. The molecule has 0 N–H and O–H groups in total. The first kappa shape index (κ1) is 26.2. The van der Waals surface area contributed by atoms with Gasteiger partial charge in [-0.3, -0.25) is 0 Å². The van der Waals surface area contributed by atoms with Crippen molar-refractivity contribution in [3.05, 3.63) is 41.6 Å². The molecule has 6 nitrogen and oxygen atoms in total. The van der Waals surface area contributed by atoms with Crippen molar-refractivity contribution in [3.63, 3.8) is 0 Å². The third kappa shape index (κ3) is 7.41. The van der Waals surface area contributed by atoms with E-state index in [0.29, 0.717) is 19.8 Å². The van der Waals surface area contributed by atoms with Crippen LogP contribution in [0, 0.1) is 0 Å². The van der Waals surface area contributed by atoms with Gasteiger partial charge in [0, 0.05) is 46.3 Å². The van der Waals surface area contributed by atoms with Crippen molar-refractivity contribution < 1.29 is 26.6 Å². The Balaban J connectivity index is 0.000000296. The summed E-state index contributed by atoms with van der Waals surface area (Å²) in [5, 5.41) is 2.27. The van der Waals surface area contributed by atoms with Gasteiger partial charge in [-0.15, -0.1) is 0 Å². The van der Waals surface area contributed by atoms with Crippen LogP contribution in [-0.4, -0.2) is 58.8 Å². The van der Waals surface area contributed by atoms with E-state index < -0.39 is 17.6 Å². The van der Waals surface area contributed by atoms with Gasteiger partial charge in [-0.1, -0.05) is 36.4 Å². The van der Waals surface area contributed by atoms with Crippen LogP contribution in [0.5, 0.6) is 0 Å². The molecule has 166 valence electrons. The fourth-order valence-corrected chi connectivity index (χ4v) is 7.97. The minimum atomic E-state index is -2.59. The summed E-state index contributed by atoms with van der Waals surface area (Å²) in [6, 6.07) is 9.72. The van der Waals surface area contributed by atoms with Gasteiger partial charge >= 0.3 is 17.6 Å². The average Bonchev–Trinajstić information content (AvgIpc) is 2.78. The molecular formula is C21H38O6Si2. The highest BCUT2D eigenvalue weighted by Gasteiger charge is 2.45. The summed E-state index contributed by atoms with van der Waals surface area (Å²) in [5.74, 6) is 0. The molecule has 1 aromatic rings. The normalized spacial score (nSPS) is 14.8. The number of benzene rings is 1. The van der Waals surface area contributed by atoms with Crippen molar-refractivity contribution in [2.24, 2.45) is 0 Å². The van der Waals surface area contributed by atoms with E-state index in [0.717, 1.165) is 18.0 Å². The third-order valence-corrected chi connectivity index (χ3v) is 10.5. The number of rotatable bonds is 11. The third-order valence-electron chi connectivity index (χ3n) is 4.62. The van der Waals surface area contributed by atoms with Crippen molar-refractivity contribution in [1.82, 2.24) is 0 Å². The van der Waals surface area contributed by atoms with Crippen LogP contribution in [0.15, 0.2) is 41.6 Å². The van der Waals surface area contributed by atoms with Crippen LogP contribution in [0.3, 0.4) is 0 Å². The average molecular weight is 443 g/mol. The van der Waals surface area contributed by atoms with E-state index in [1.807, 2.05) is 51.1 Å². The van der Waals surface area contributed by atoms with Gasteiger partial charge in [-0.2, -0.15) is 0 Å². The zero-order chi connectivity index (χ0) is 21.6. The Hall–Kier alpha value is -0.846. The highest BCUT2D eigenvalue weighted by atomic mass is 28.4. The number of hydrogen-bond donors (Lipinski definition) is 0. The van der Waals surface area contributed by atoms with Crippen LogP contribution >= 0.6 is 0 Å². The van der Waals surface area contributed by atoms with Crippen LogP contribution in [-0.2, 0) is 26.6 Å². The molecule has 0 aromatic heterocycles. The lowest BCUT2D eigenvalue weighted by molar-refractivity contribution is 0.0793. The predicted octanol–water partition coefficient (Wildman–Crippen LogP) is 3.85. The molecule has 1 aliphatic carbocycles. The van der Waals surface area contributed by atoms with Gasteiger partial charge < -0.3 is 26.6 Å². The highest BCUT2D eigenvalue weighted by Crippen LogP contribution is 2.29. The predicted molar refractivity (Wildman–Crippen MR) is 120 cm³/mol. The Kier molecular flexibility index (Phi) is 12.8. The van der Waals surface area contributed by atoms with E-state index in [1.165, 1.54) is 18.0 Å². The molecule has 29 heavy (non-hydrogen) atoms. The van der Waals surface area contributed by atoms with Crippen LogP contribution in [0.25, 0.3) is 0 Å². The van der Waals surface area contributed by atoms with Gasteiger partial charge in [-0.25, -0.2) is 0 Å². The van der Waals surface area contributed by atoms with E-state index in [-0.39, 0.29) is 0 Å². The zero-order valence-electron chi connectivity index (χ0n) is 18.9. The van der Waals surface area contributed by atoms with Crippen molar-refractivity contribution in [3.8, 4) is 0 Å².